The van der Waals surface area contributed by atoms with Gasteiger partial charge in [0.15, 0.2) is 0 Å². The summed E-state index contributed by atoms with van der Waals surface area (Å²) in [5, 5.41) is 2.98. The molecule has 0 spiro atoms. The fraction of sp³-hybridized carbons (Fsp3) is 0.350. The Kier molecular flexibility index (Phi) is 6.42. The van der Waals surface area contributed by atoms with Gasteiger partial charge >= 0.3 is 0 Å². The van der Waals surface area contributed by atoms with Gasteiger partial charge in [0, 0.05) is 17.8 Å². The van der Waals surface area contributed by atoms with Crippen LogP contribution < -0.4 is 9.62 Å². The van der Waals surface area contributed by atoms with E-state index in [1.807, 2.05) is 32.0 Å². The van der Waals surface area contributed by atoms with Crippen LogP contribution in [0.4, 0.5) is 11.4 Å². The largest absolute Gasteiger partial charge is 0.321 e. The molecular formula is C20H26N2O3S. The van der Waals surface area contributed by atoms with Crippen molar-refractivity contribution < 1.29 is 13.2 Å². The van der Waals surface area contributed by atoms with Crippen molar-refractivity contribution in [2.75, 3.05) is 21.9 Å². The second kappa shape index (κ2) is 8.36. The Bertz CT molecular complexity index is 874. The molecule has 0 bridgehead atoms. The van der Waals surface area contributed by atoms with E-state index in [2.05, 4.69) is 5.32 Å². The lowest BCUT2D eigenvalue weighted by molar-refractivity contribution is 0.102. The van der Waals surface area contributed by atoms with Crippen molar-refractivity contribution in [3.8, 4) is 0 Å². The van der Waals surface area contributed by atoms with E-state index < -0.39 is 10.0 Å². The summed E-state index contributed by atoms with van der Waals surface area (Å²) in [6.07, 6.45) is 0.830. The van der Waals surface area contributed by atoms with Crippen molar-refractivity contribution in [1.82, 2.24) is 0 Å². The minimum Gasteiger partial charge on any atom is -0.321 e. The number of benzene rings is 2. The Morgan fingerprint density at radius 2 is 1.69 bits per heavy atom. The minimum absolute atomic E-state index is 0.0379. The van der Waals surface area contributed by atoms with Gasteiger partial charge in [0.25, 0.3) is 5.91 Å². The highest BCUT2D eigenvalue weighted by atomic mass is 32.2. The first-order valence-corrected chi connectivity index (χ1v) is 10.4. The van der Waals surface area contributed by atoms with Crippen molar-refractivity contribution in [3.05, 3.63) is 59.2 Å². The van der Waals surface area contributed by atoms with Gasteiger partial charge in [-0.1, -0.05) is 25.1 Å². The molecule has 26 heavy (non-hydrogen) atoms. The number of hydrogen-bond donors (Lipinski definition) is 1. The van der Waals surface area contributed by atoms with Crippen LogP contribution in [-0.2, 0) is 16.4 Å². The van der Waals surface area contributed by atoms with E-state index in [-0.39, 0.29) is 11.7 Å². The molecule has 0 atom stereocenters. The number of para-hydroxylation sites is 1. The molecule has 140 valence electrons. The number of carbonyl (C=O) groups excluding carboxylic acids is 1. The van der Waals surface area contributed by atoms with Crippen molar-refractivity contribution in [3.63, 3.8) is 0 Å². The zero-order valence-electron chi connectivity index (χ0n) is 15.7. The van der Waals surface area contributed by atoms with E-state index in [4.69, 9.17) is 0 Å². The van der Waals surface area contributed by atoms with Crippen LogP contribution in [0.1, 0.15) is 42.3 Å². The number of hydrogen-bond acceptors (Lipinski definition) is 3. The average Bonchev–Trinajstić information content (AvgIpc) is 2.64. The van der Waals surface area contributed by atoms with Gasteiger partial charge in [-0.3, -0.25) is 9.10 Å². The molecular weight excluding hydrogens is 348 g/mol. The molecule has 2 aromatic carbocycles. The van der Waals surface area contributed by atoms with Crippen molar-refractivity contribution in [2.24, 2.45) is 0 Å². The van der Waals surface area contributed by atoms with Crippen LogP contribution >= 0.6 is 0 Å². The van der Waals surface area contributed by atoms with Gasteiger partial charge in [-0.2, -0.15) is 0 Å². The average molecular weight is 375 g/mol. The predicted octanol–water partition coefficient (Wildman–Crippen LogP) is 3.99. The van der Waals surface area contributed by atoms with Gasteiger partial charge in [0.2, 0.25) is 10.0 Å². The molecule has 2 aromatic rings. The van der Waals surface area contributed by atoms with Crippen LogP contribution in [0, 0.1) is 6.92 Å². The molecule has 1 amide bonds. The lowest BCUT2D eigenvalue weighted by Gasteiger charge is -2.22. The molecule has 0 aliphatic heterocycles. The lowest BCUT2D eigenvalue weighted by atomic mass is 10.1. The summed E-state index contributed by atoms with van der Waals surface area (Å²) >= 11 is 0. The van der Waals surface area contributed by atoms with Crippen LogP contribution in [0.25, 0.3) is 0 Å². The SMILES string of the molecule is CCc1cccc(C)c1NC(=O)c1ccc(N(CC)S(=O)(=O)CC)cc1. The Morgan fingerprint density at radius 3 is 2.23 bits per heavy atom. The number of carbonyl (C=O) groups is 1. The van der Waals surface area contributed by atoms with Gasteiger partial charge in [-0.25, -0.2) is 8.42 Å². The Hall–Kier alpha value is -2.34. The molecule has 0 saturated heterocycles. The molecule has 5 nitrogen and oxygen atoms in total. The van der Waals surface area contributed by atoms with E-state index in [0.29, 0.717) is 17.8 Å². The number of rotatable bonds is 7. The number of nitrogens with one attached hydrogen (secondary N) is 1. The highest BCUT2D eigenvalue weighted by Crippen LogP contribution is 2.23. The quantitative estimate of drug-likeness (QED) is 0.797. The molecule has 6 heteroatoms. The van der Waals surface area contributed by atoms with Gasteiger partial charge in [0.05, 0.1) is 11.4 Å². The van der Waals surface area contributed by atoms with Crippen LogP contribution in [0.15, 0.2) is 42.5 Å². The maximum atomic E-state index is 12.6. The molecule has 0 unspecified atom stereocenters. The first-order chi connectivity index (χ1) is 12.3. The molecule has 0 aromatic heterocycles. The number of sulfonamides is 1. The number of amides is 1. The van der Waals surface area contributed by atoms with E-state index in [0.717, 1.165) is 23.2 Å². The molecule has 2 rings (SSSR count). The van der Waals surface area contributed by atoms with E-state index in [1.165, 1.54) is 4.31 Å². The second-order valence-electron chi connectivity index (χ2n) is 6.03. The zero-order valence-corrected chi connectivity index (χ0v) is 16.6. The number of nitrogens with zero attached hydrogens (tertiary/aromatic N) is 1. The minimum atomic E-state index is -3.33. The molecule has 1 N–H and O–H groups in total. The third kappa shape index (κ3) is 4.25. The summed E-state index contributed by atoms with van der Waals surface area (Å²) in [5.74, 6) is -0.169. The summed E-state index contributed by atoms with van der Waals surface area (Å²) in [5.41, 5.74) is 3.99. The smallest absolute Gasteiger partial charge is 0.255 e. The zero-order chi connectivity index (χ0) is 19.3. The second-order valence-corrected chi connectivity index (χ2v) is 8.21. The summed E-state index contributed by atoms with van der Waals surface area (Å²) < 4.78 is 25.6. The number of anilines is 2. The van der Waals surface area contributed by atoms with E-state index >= 15 is 0 Å². The Labute approximate surface area is 156 Å². The van der Waals surface area contributed by atoms with Crippen LogP contribution in [0.3, 0.4) is 0 Å². The van der Waals surface area contributed by atoms with Crippen molar-refractivity contribution >= 4 is 27.3 Å². The number of aryl methyl sites for hydroxylation is 2. The first kappa shape index (κ1) is 20.0. The summed E-state index contributed by atoms with van der Waals surface area (Å²) in [6, 6.07) is 12.6. The van der Waals surface area contributed by atoms with Gasteiger partial charge in [0.1, 0.15) is 0 Å². The topological polar surface area (TPSA) is 66.5 Å². The molecule has 0 fully saturated rings. The monoisotopic (exact) mass is 374 g/mol. The van der Waals surface area contributed by atoms with Gasteiger partial charge in [-0.15, -0.1) is 0 Å². The molecule has 0 heterocycles. The normalized spacial score (nSPS) is 11.2. The molecule has 0 saturated carbocycles. The first-order valence-electron chi connectivity index (χ1n) is 8.84. The standard InChI is InChI=1S/C20H26N2O3S/c1-5-16-10-8-9-15(4)19(16)21-20(23)17-11-13-18(14-12-17)22(6-2)26(24,25)7-3/h8-14H,5-7H2,1-4H3,(H,21,23). The predicted molar refractivity (Wildman–Crippen MR) is 107 cm³/mol. The van der Waals surface area contributed by atoms with E-state index in [1.54, 1.807) is 38.1 Å². The van der Waals surface area contributed by atoms with Gasteiger partial charge in [-0.05, 0) is 62.6 Å². The third-order valence-electron chi connectivity index (χ3n) is 4.38. The fourth-order valence-corrected chi connectivity index (χ4v) is 4.01. The van der Waals surface area contributed by atoms with Crippen LogP contribution in [0.5, 0.6) is 0 Å². The lowest BCUT2D eigenvalue weighted by Crippen LogP contribution is -2.32. The molecule has 0 radical (unpaired) electrons. The molecule has 0 aliphatic carbocycles. The van der Waals surface area contributed by atoms with Crippen LogP contribution in [0.2, 0.25) is 0 Å². The summed E-state index contributed by atoms with van der Waals surface area (Å²) in [7, 11) is -3.33. The van der Waals surface area contributed by atoms with Crippen molar-refractivity contribution in [2.45, 2.75) is 34.1 Å². The van der Waals surface area contributed by atoms with E-state index in [9.17, 15) is 13.2 Å². The fourth-order valence-electron chi connectivity index (χ4n) is 2.86. The summed E-state index contributed by atoms with van der Waals surface area (Å²) in [4.78, 5) is 12.6. The Morgan fingerprint density at radius 1 is 1.04 bits per heavy atom. The maximum absolute atomic E-state index is 12.6. The van der Waals surface area contributed by atoms with Crippen LogP contribution in [-0.4, -0.2) is 26.6 Å². The molecule has 0 aliphatic rings. The summed E-state index contributed by atoms with van der Waals surface area (Å²) in [6.45, 7) is 7.77. The highest BCUT2D eigenvalue weighted by Gasteiger charge is 2.19. The van der Waals surface area contributed by atoms with Gasteiger partial charge < -0.3 is 5.32 Å². The van der Waals surface area contributed by atoms with Crippen molar-refractivity contribution in [1.29, 1.82) is 0 Å². The Balaban J connectivity index is 2.25. The highest BCUT2D eigenvalue weighted by molar-refractivity contribution is 7.92. The maximum Gasteiger partial charge on any atom is 0.255 e. The third-order valence-corrected chi connectivity index (χ3v) is 6.25.